The average molecular weight is 420 g/mol. The summed E-state index contributed by atoms with van der Waals surface area (Å²) >= 11 is 1.36. The molecule has 1 heterocycles. The fourth-order valence-electron chi connectivity index (χ4n) is 2.37. The Hall–Kier alpha value is -2.78. The molecule has 1 aromatic heterocycles. The molecule has 146 valence electrons. The number of rotatable bonds is 5. The Balaban J connectivity index is 1.80. The largest absolute Gasteiger partial charge is 0.298 e. The quantitative estimate of drug-likeness (QED) is 0.647. The van der Waals surface area contributed by atoms with Crippen molar-refractivity contribution in [3.8, 4) is 0 Å². The summed E-state index contributed by atoms with van der Waals surface area (Å²) in [6.07, 6.45) is 0. The van der Waals surface area contributed by atoms with Crippen molar-refractivity contribution in [2.45, 2.75) is 25.7 Å². The van der Waals surface area contributed by atoms with Crippen LogP contribution in [-0.2, 0) is 10.0 Å². The van der Waals surface area contributed by atoms with E-state index in [1.165, 1.54) is 35.6 Å². The number of thiazole rings is 1. The van der Waals surface area contributed by atoms with Crippen molar-refractivity contribution >= 4 is 38.1 Å². The SMILES string of the molecule is Cc1ccc(S(=O)(=O)Nc2cccc(C(=O)Nc3nc(C)c(C)s3)c2)cc1F. The number of hydrogen-bond donors (Lipinski definition) is 2. The first-order valence-corrected chi connectivity index (χ1v) is 10.6. The van der Waals surface area contributed by atoms with Gasteiger partial charge in [-0.3, -0.25) is 14.8 Å². The van der Waals surface area contributed by atoms with Gasteiger partial charge in [-0.1, -0.05) is 12.1 Å². The molecule has 9 heteroatoms. The van der Waals surface area contributed by atoms with E-state index in [1.54, 1.807) is 19.1 Å². The molecule has 3 aromatic rings. The third-order valence-corrected chi connectivity index (χ3v) is 6.45. The third-order valence-electron chi connectivity index (χ3n) is 4.08. The number of halogens is 1. The molecule has 0 bridgehead atoms. The fraction of sp³-hybridized carbons (Fsp3) is 0.158. The number of carbonyl (C=O) groups excluding carboxylic acids is 1. The Bertz CT molecular complexity index is 1140. The first-order chi connectivity index (χ1) is 13.2. The van der Waals surface area contributed by atoms with Crippen LogP contribution in [0.1, 0.15) is 26.5 Å². The van der Waals surface area contributed by atoms with E-state index in [4.69, 9.17) is 0 Å². The number of anilines is 2. The Kier molecular flexibility index (Phi) is 5.48. The van der Waals surface area contributed by atoms with Crippen LogP contribution in [0.4, 0.5) is 15.2 Å². The number of nitrogens with one attached hydrogen (secondary N) is 2. The van der Waals surface area contributed by atoms with Crippen molar-refractivity contribution in [3.63, 3.8) is 0 Å². The Morgan fingerprint density at radius 1 is 1.11 bits per heavy atom. The molecular weight excluding hydrogens is 401 g/mol. The lowest BCUT2D eigenvalue weighted by molar-refractivity contribution is 0.102. The van der Waals surface area contributed by atoms with E-state index in [1.807, 2.05) is 13.8 Å². The minimum atomic E-state index is -3.99. The predicted molar refractivity (Wildman–Crippen MR) is 108 cm³/mol. The van der Waals surface area contributed by atoms with Crippen LogP contribution in [-0.4, -0.2) is 19.3 Å². The highest BCUT2D eigenvalue weighted by Gasteiger charge is 2.17. The zero-order valence-corrected chi connectivity index (χ0v) is 17.0. The highest BCUT2D eigenvalue weighted by atomic mass is 32.2. The lowest BCUT2D eigenvalue weighted by Crippen LogP contribution is -2.15. The highest BCUT2D eigenvalue weighted by Crippen LogP contribution is 2.23. The van der Waals surface area contributed by atoms with Crippen LogP contribution in [0.25, 0.3) is 0 Å². The zero-order valence-electron chi connectivity index (χ0n) is 15.4. The minimum Gasteiger partial charge on any atom is -0.298 e. The van der Waals surface area contributed by atoms with Crippen LogP contribution in [0.3, 0.4) is 0 Å². The van der Waals surface area contributed by atoms with Crippen molar-refractivity contribution in [2.75, 3.05) is 10.0 Å². The van der Waals surface area contributed by atoms with Gasteiger partial charge in [0.15, 0.2) is 5.13 Å². The molecule has 0 saturated carbocycles. The Morgan fingerprint density at radius 2 is 1.86 bits per heavy atom. The van der Waals surface area contributed by atoms with Crippen molar-refractivity contribution < 1.29 is 17.6 Å². The van der Waals surface area contributed by atoms with Gasteiger partial charge in [0.1, 0.15) is 5.82 Å². The lowest BCUT2D eigenvalue weighted by atomic mass is 10.2. The number of nitrogens with zero attached hydrogens (tertiary/aromatic N) is 1. The molecule has 0 atom stereocenters. The van der Waals surface area contributed by atoms with Crippen molar-refractivity contribution in [2.24, 2.45) is 0 Å². The highest BCUT2D eigenvalue weighted by molar-refractivity contribution is 7.92. The third kappa shape index (κ3) is 4.37. The van der Waals surface area contributed by atoms with Crippen LogP contribution in [0, 0.1) is 26.6 Å². The van der Waals surface area contributed by atoms with Gasteiger partial charge < -0.3 is 0 Å². The fourth-order valence-corrected chi connectivity index (χ4v) is 4.24. The van der Waals surface area contributed by atoms with Gasteiger partial charge in [-0.05, 0) is 56.7 Å². The van der Waals surface area contributed by atoms with Gasteiger partial charge in [0.2, 0.25) is 0 Å². The molecule has 0 spiro atoms. The van der Waals surface area contributed by atoms with Gasteiger partial charge in [0.05, 0.1) is 10.6 Å². The van der Waals surface area contributed by atoms with E-state index >= 15 is 0 Å². The summed E-state index contributed by atoms with van der Waals surface area (Å²) < 4.78 is 41.1. The molecule has 6 nitrogen and oxygen atoms in total. The topological polar surface area (TPSA) is 88.2 Å². The number of hydrogen-bond acceptors (Lipinski definition) is 5. The molecule has 0 aliphatic heterocycles. The van der Waals surface area contributed by atoms with Crippen LogP contribution in [0.2, 0.25) is 0 Å². The van der Waals surface area contributed by atoms with Gasteiger partial charge in [-0.2, -0.15) is 0 Å². The zero-order chi connectivity index (χ0) is 20.5. The second kappa shape index (κ2) is 7.69. The van der Waals surface area contributed by atoms with Gasteiger partial charge in [0.25, 0.3) is 15.9 Å². The predicted octanol–water partition coefficient (Wildman–Crippen LogP) is 4.26. The monoisotopic (exact) mass is 419 g/mol. The summed E-state index contributed by atoms with van der Waals surface area (Å²) in [4.78, 5) is 17.5. The molecule has 0 radical (unpaired) electrons. The number of aromatic nitrogens is 1. The normalized spacial score (nSPS) is 11.3. The van der Waals surface area contributed by atoms with Gasteiger partial charge >= 0.3 is 0 Å². The summed E-state index contributed by atoms with van der Waals surface area (Å²) in [5, 5.41) is 3.17. The van der Waals surface area contributed by atoms with Crippen LogP contribution < -0.4 is 10.0 Å². The second-order valence-corrected chi connectivity index (χ2v) is 9.10. The maximum absolute atomic E-state index is 13.7. The number of carbonyl (C=O) groups is 1. The molecule has 0 aliphatic rings. The standard InChI is InChI=1S/C19H18FN3O3S2/c1-11-7-8-16(10-17(11)20)28(25,26)23-15-6-4-5-14(9-15)18(24)22-19-21-12(2)13(3)27-19/h4-10,23H,1-3H3,(H,21,22,24). The van der Waals surface area contributed by atoms with Gasteiger partial charge in [-0.25, -0.2) is 17.8 Å². The summed E-state index contributed by atoms with van der Waals surface area (Å²) in [5.41, 5.74) is 1.65. The summed E-state index contributed by atoms with van der Waals surface area (Å²) in [6.45, 7) is 5.31. The molecule has 2 aromatic carbocycles. The van der Waals surface area contributed by atoms with E-state index in [0.29, 0.717) is 10.7 Å². The second-order valence-electron chi connectivity index (χ2n) is 6.21. The van der Waals surface area contributed by atoms with Gasteiger partial charge in [-0.15, -0.1) is 11.3 Å². The van der Waals surface area contributed by atoms with Crippen molar-refractivity contribution in [1.82, 2.24) is 4.98 Å². The van der Waals surface area contributed by atoms with E-state index in [-0.39, 0.29) is 16.1 Å². The smallest absolute Gasteiger partial charge is 0.261 e. The minimum absolute atomic E-state index is 0.195. The Labute approximate surface area is 166 Å². The molecule has 2 N–H and O–H groups in total. The number of sulfonamides is 1. The van der Waals surface area contributed by atoms with Crippen molar-refractivity contribution in [1.29, 1.82) is 0 Å². The molecule has 0 fully saturated rings. The molecular formula is C19H18FN3O3S2. The summed E-state index contributed by atoms with van der Waals surface area (Å²) in [5.74, 6) is -1.01. The maximum Gasteiger partial charge on any atom is 0.261 e. The molecule has 0 saturated heterocycles. The van der Waals surface area contributed by atoms with E-state index < -0.39 is 21.7 Å². The molecule has 0 unspecified atom stereocenters. The average Bonchev–Trinajstić information content (AvgIpc) is 2.94. The first kappa shape index (κ1) is 20.0. The van der Waals surface area contributed by atoms with E-state index in [2.05, 4.69) is 15.0 Å². The molecule has 28 heavy (non-hydrogen) atoms. The van der Waals surface area contributed by atoms with Crippen LogP contribution >= 0.6 is 11.3 Å². The van der Waals surface area contributed by atoms with Gasteiger partial charge in [0, 0.05) is 16.1 Å². The Morgan fingerprint density at radius 3 is 2.50 bits per heavy atom. The van der Waals surface area contributed by atoms with E-state index in [0.717, 1.165) is 16.6 Å². The van der Waals surface area contributed by atoms with Crippen molar-refractivity contribution in [3.05, 3.63) is 70.0 Å². The van der Waals surface area contributed by atoms with Crippen LogP contribution in [0.15, 0.2) is 47.4 Å². The lowest BCUT2D eigenvalue weighted by Gasteiger charge is -2.10. The summed E-state index contributed by atoms with van der Waals surface area (Å²) in [6, 6.07) is 9.71. The first-order valence-electron chi connectivity index (χ1n) is 8.30. The molecule has 0 aliphatic carbocycles. The molecule has 3 rings (SSSR count). The maximum atomic E-state index is 13.7. The van der Waals surface area contributed by atoms with Crippen LogP contribution in [0.5, 0.6) is 0 Å². The number of amides is 1. The number of aryl methyl sites for hydroxylation is 3. The molecule has 1 amide bonds. The number of benzene rings is 2. The van der Waals surface area contributed by atoms with E-state index in [9.17, 15) is 17.6 Å². The summed E-state index contributed by atoms with van der Waals surface area (Å²) in [7, 11) is -3.99.